The van der Waals surface area contributed by atoms with Crippen LogP contribution in [0.15, 0.2) is 17.0 Å². The van der Waals surface area contributed by atoms with Crippen LogP contribution in [0.1, 0.15) is 18.1 Å². The zero-order chi connectivity index (χ0) is 12.4. The average Bonchev–Trinajstić information content (AvgIpc) is 2.50. The number of nitrogens with zero attached hydrogens (tertiary/aromatic N) is 1. The third-order valence-corrected chi connectivity index (χ3v) is 3.60. The van der Waals surface area contributed by atoms with Gasteiger partial charge >= 0.3 is 0 Å². The van der Waals surface area contributed by atoms with E-state index in [4.69, 9.17) is 4.74 Å². The minimum absolute atomic E-state index is 0.149. The number of methoxy groups -OCH3 is 1. The Balaban J connectivity index is 2.28. The fourth-order valence-electron chi connectivity index (χ4n) is 2.22. The molecule has 2 rings (SSSR count). The third-order valence-electron chi connectivity index (χ3n) is 3.25. The molecule has 1 aliphatic rings. The number of hydrogen-bond acceptors (Lipinski definition) is 3. The van der Waals surface area contributed by atoms with Crippen LogP contribution in [0.4, 0.5) is 0 Å². The summed E-state index contributed by atoms with van der Waals surface area (Å²) in [4.78, 5) is 14.1. The van der Waals surface area contributed by atoms with E-state index < -0.39 is 0 Å². The lowest BCUT2D eigenvalue weighted by Crippen LogP contribution is -2.30. The Bertz CT molecular complexity index is 445. The number of hydrogen-bond donors (Lipinski definition) is 1. The van der Waals surface area contributed by atoms with Gasteiger partial charge in [-0.2, -0.15) is 0 Å². The quantitative estimate of drug-likeness (QED) is 0.773. The van der Waals surface area contributed by atoms with Gasteiger partial charge in [0, 0.05) is 24.9 Å². The Morgan fingerprint density at radius 1 is 1.29 bits per heavy atom. The minimum atomic E-state index is 0.149. The van der Waals surface area contributed by atoms with Gasteiger partial charge in [0.05, 0.1) is 7.11 Å². The molecule has 0 radical (unpaired) electrons. The zero-order valence-corrected chi connectivity index (χ0v) is 11.1. The molecule has 1 amide bonds. The van der Waals surface area contributed by atoms with Crippen LogP contribution in [0, 0.1) is 0 Å². The summed E-state index contributed by atoms with van der Waals surface area (Å²) in [5, 5.41) is 0. The van der Waals surface area contributed by atoms with Crippen LogP contribution >= 0.6 is 12.6 Å². The molecule has 0 saturated heterocycles. The number of fused-ring (bicyclic) bond motifs is 1. The largest absolute Gasteiger partial charge is 0.496 e. The lowest BCUT2D eigenvalue weighted by atomic mass is 10.0. The van der Waals surface area contributed by atoms with Gasteiger partial charge in [-0.3, -0.25) is 4.79 Å². The van der Waals surface area contributed by atoms with E-state index >= 15 is 0 Å². The first kappa shape index (κ1) is 12.3. The van der Waals surface area contributed by atoms with E-state index in [1.807, 2.05) is 11.0 Å². The van der Waals surface area contributed by atoms with E-state index in [2.05, 4.69) is 18.7 Å². The molecular weight excluding hydrogens is 234 g/mol. The molecular formula is C13H17NO2S. The fourth-order valence-corrected chi connectivity index (χ4v) is 2.53. The standard InChI is InChI=1S/C13H17NO2S/c1-9(15)14-5-3-10-7-12(16-2)13(17)8-11(10)4-6-14/h7-8,17H,3-6H2,1-2H3. The van der Waals surface area contributed by atoms with Gasteiger partial charge in [-0.05, 0) is 36.1 Å². The molecule has 0 fully saturated rings. The Labute approximate surface area is 107 Å². The number of rotatable bonds is 1. The SMILES string of the molecule is COc1cc2c(cc1S)CCN(C(C)=O)CC2. The molecule has 1 heterocycles. The molecule has 1 aromatic rings. The Hall–Kier alpha value is -1.16. The minimum Gasteiger partial charge on any atom is -0.496 e. The maximum absolute atomic E-state index is 11.4. The van der Waals surface area contributed by atoms with Crippen molar-refractivity contribution in [2.75, 3.05) is 20.2 Å². The lowest BCUT2D eigenvalue weighted by Gasteiger charge is -2.17. The molecule has 0 aromatic heterocycles. The molecule has 4 heteroatoms. The number of carbonyl (C=O) groups is 1. The molecule has 3 nitrogen and oxygen atoms in total. The molecule has 1 aromatic carbocycles. The number of amides is 1. The summed E-state index contributed by atoms with van der Waals surface area (Å²) in [5.74, 6) is 0.958. The smallest absolute Gasteiger partial charge is 0.219 e. The van der Waals surface area contributed by atoms with E-state index in [-0.39, 0.29) is 5.91 Å². The number of ether oxygens (including phenoxy) is 1. The van der Waals surface area contributed by atoms with E-state index in [1.54, 1.807) is 14.0 Å². The lowest BCUT2D eigenvalue weighted by molar-refractivity contribution is -0.128. The molecule has 17 heavy (non-hydrogen) atoms. The van der Waals surface area contributed by atoms with Crippen LogP contribution in [0.3, 0.4) is 0 Å². The van der Waals surface area contributed by atoms with Gasteiger partial charge in [0.2, 0.25) is 5.91 Å². The molecule has 0 unspecified atom stereocenters. The highest BCUT2D eigenvalue weighted by Gasteiger charge is 2.17. The van der Waals surface area contributed by atoms with Gasteiger partial charge in [0.25, 0.3) is 0 Å². The topological polar surface area (TPSA) is 29.5 Å². The summed E-state index contributed by atoms with van der Waals surface area (Å²) in [5.41, 5.74) is 2.54. The van der Waals surface area contributed by atoms with Crippen LogP contribution in [0.25, 0.3) is 0 Å². The molecule has 0 bridgehead atoms. The highest BCUT2D eigenvalue weighted by atomic mass is 32.1. The van der Waals surface area contributed by atoms with Gasteiger partial charge in [0.15, 0.2) is 0 Å². The Morgan fingerprint density at radius 2 is 1.88 bits per heavy atom. The van der Waals surface area contributed by atoms with Crippen molar-refractivity contribution < 1.29 is 9.53 Å². The summed E-state index contributed by atoms with van der Waals surface area (Å²) < 4.78 is 5.27. The van der Waals surface area contributed by atoms with Gasteiger partial charge in [-0.1, -0.05) is 0 Å². The molecule has 1 aliphatic heterocycles. The van der Waals surface area contributed by atoms with Crippen molar-refractivity contribution in [1.29, 1.82) is 0 Å². The second-order valence-corrected chi connectivity index (χ2v) is 4.78. The number of carbonyl (C=O) groups excluding carboxylic acids is 1. The summed E-state index contributed by atoms with van der Waals surface area (Å²) >= 11 is 4.40. The second kappa shape index (κ2) is 5.00. The predicted molar refractivity (Wildman–Crippen MR) is 69.9 cm³/mol. The highest BCUT2D eigenvalue weighted by Crippen LogP contribution is 2.28. The zero-order valence-electron chi connectivity index (χ0n) is 10.2. The van der Waals surface area contributed by atoms with Crippen molar-refractivity contribution in [2.45, 2.75) is 24.7 Å². The van der Waals surface area contributed by atoms with Crippen molar-refractivity contribution in [2.24, 2.45) is 0 Å². The highest BCUT2D eigenvalue weighted by molar-refractivity contribution is 7.80. The first-order valence-corrected chi connectivity index (χ1v) is 6.21. The van der Waals surface area contributed by atoms with Crippen LogP contribution in [-0.4, -0.2) is 31.0 Å². The molecule has 0 N–H and O–H groups in total. The van der Waals surface area contributed by atoms with Crippen molar-refractivity contribution in [3.63, 3.8) is 0 Å². The van der Waals surface area contributed by atoms with Gasteiger partial charge < -0.3 is 9.64 Å². The number of benzene rings is 1. The van der Waals surface area contributed by atoms with E-state index in [9.17, 15) is 4.79 Å². The summed E-state index contributed by atoms with van der Waals surface area (Å²) in [6.45, 7) is 3.21. The normalized spacial score (nSPS) is 15.1. The summed E-state index contributed by atoms with van der Waals surface area (Å²) in [7, 11) is 1.65. The average molecular weight is 251 g/mol. The van der Waals surface area contributed by atoms with Crippen LogP contribution in [0.2, 0.25) is 0 Å². The molecule has 92 valence electrons. The van der Waals surface area contributed by atoms with Crippen molar-refractivity contribution in [3.05, 3.63) is 23.3 Å². The first-order valence-electron chi connectivity index (χ1n) is 5.76. The van der Waals surface area contributed by atoms with Crippen molar-refractivity contribution >= 4 is 18.5 Å². The van der Waals surface area contributed by atoms with Crippen LogP contribution in [0.5, 0.6) is 5.75 Å². The Morgan fingerprint density at radius 3 is 2.41 bits per heavy atom. The summed E-state index contributed by atoms with van der Waals surface area (Å²) in [6, 6.07) is 4.10. The molecule has 0 spiro atoms. The van der Waals surface area contributed by atoms with E-state index in [0.717, 1.165) is 36.6 Å². The van der Waals surface area contributed by atoms with E-state index in [0.29, 0.717) is 0 Å². The van der Waals surface area contributed by atoms with E-state index in [1.165, 1.54) is 11.1 Å². The predicted octanol–water partition coefficient (Wildman–Crippen LogP) is 1.93. The number of thiol groups is 1. The first-order chi connectivity index (χ1) is 8.11. The van der Waals surface area contributed by atoms with Crippen LogP contribution in [-0.2, 0) is 17.6 Å². The molecule has 0 saturated carbocycles. The van der Waals surface area contributed by atoms with Crippen molar-refractivity contribution in [3.8, 4) is 5.75 Å². The van der Waals surface area contributed by atoms with Gasteiger partial charge in [-0.25, -0.2) is 0 Å². The van der Waals surface area contributed by atoms with Gasteiger partial charge in [-0.15, -0.1) is 12.6 Å². The maximum atomic E-state index is 11.4. The maximum Gasteiger partial charge on any atom is 0.219 e. The summed E-state index contributed by atoms with van der Waals surface area (Å²) in [6.07, 6.45) is 1.78. The molecule has 0 aliphatic carbocycles. The van der Waals surface area contributed by atoms with Crippen molar-refractivity contribution in [1.82, 2.24) is 4.90 Å². The van der Waals surface area contributed by atoms with Gasteiger partial charge in [0.1, 0.15) is 5.75 Å². The monoisotopic (exact) mass is 251 g/mol. The molecule has 0 atom stereocenters. The fraction of sp³-hybridized carbons (Fsp3) is 0.462. The Kier molecular flexibility index (Phi) is 3.62. The second-order valence-electron chi connectivity index (χ2n) is 4.30. The third kappa shape index (κ3) is 2.57. The van der Waals surface area contributed by atoms with Crippen LogP contribution < -0.4 is 4.74 Å².